The first-order valence-corrected chi connectivity index (χ1v) is 6.05. The zero-order valence-corrected chi connectivity index (χ0v) is 11.6. The Hall–Kier alpha value is -2.80. The van der Waals surface area contributed by atoms with Crippen molar-refractivity contribution in [1.82, 2.24) is 35.0 Å². The van der Waals surface area contributed by atoms with Gasteiger partial charge in [0.05, 0.1) is 36.0 Å². The van der Waals surface area contributed by atoms with E-state index in [2.05, 4.69) is 25.6 Å². The van der Waals surface area contributed by atoms with Crippen LogP contribution < -0.4 is 0 Å². The van der Waals surface area contributed by atoms with E-state index in [4.69, 9.17) is 0 Å². The maximum Gasteiger partial charge on any atom is 0.157 e. The van der Waals surface area contributed by atoms with E-state index in [9.17, 15) is 0 Å². The summed E-state index contributed by atoms with van der Waals surface area (Å²) in [6.45, 7) is 0. The van der Waals surface area contributed by atoms with Crippen LogP contribution in [0.4, 0.5) is 0 Å². The summed E-state index contributed by atoms with van der Waals surface area (Å²) in [5.41, 5.74) is 1.77. The number of para-hydroxylation sites is 1. The minimum absolute atomic E-state index is 0. The van der Waals surface area contributed by atoms with E-state index in [-0.39, 0.29) is 12.4 Å². The molecular weight excluding hydrogens is 290 g/mol. The molecule has 0 amide bonds. The molecule has 0 saturated heterocycles. The average molecular weight is 300 g/mol. The predicted molar refractivity (Wildman–Crippen MR) is 78.8 cm³/mol. The van der Waals surface area contributed by atoms with E-state index in [0.717, 1.165) is 16.6 Å². The molecule has 7 nitrogen and oxygen atoms in total. The number of aromatic nitrogens is 7. The number of halogens is 1. The summed E-state index contributed by atoms with van der Waals surface area (Å²) in [6.07, 6.45) is 6.81. The number of nitrogens with zero attached hydrogens (tertiary/aromatic N) is 7. The third kappa shape index (κ3) is 2.23. The number of pyridine rings is 1. The molecule has 0 spiro atoms. The molecule has 0 radical (unpaired) electrons. The van der Waals surface area contributed by atoms with Crippen molar-refractivity contribution < 1.29 is 0 Å². The van der Waals surface area contributed by atoms with Crippen molar-refractivity contribution in [2.24, 2.45) is 0 Å². The topological polar surface area (TPSA) is 74.3 Å². The van der Waals surface area contributed by atoms with E-state index < -0.39 is 0 Å². The predicted octanol–water partition coefficient (Wildman–Crippen LogP) is 1.82. The lowest BCUT2D eigenvalue weighted by Crippen LogP contribution is -2.03. The van der Waals surface area contributed by atoms with Crippen LogP contribution in [0.2, 0.25) is 0 Å². The highest BCUT2D eigenvalue weighted by molar-refractivity contribution is 5.88. The molecule has 104 valence electrons. The fraction of sp³-hybridized carbons (Fsp3) is 0. The van der Waals surface area contributed by atoms with Crippen LogP contribution in [0, 0.1) is 0 Å². The van der Waals surface area contributed by atoms with Gasteiger partial charge in [-0.2, -0.15) is 0 Å². The molecule has 0 atom stereocenters. The summed E-state index contributed by atoms with van der Waals surface area (Å²) in [4.78, 5) is 4.59. The lowest BCUT2D eigenvalue weighted by Gasteiger charge is -2.08. The van der Waals surface area contributed by atoms with Gasteiger partial charge in [0.25, 0.3) is 0 Å². The van der Waals surface area contributed by atoms with Gasteiger partial charge in [0, 0.05) is 11.5 Å². The number of hydrogen-bond acceptors (Lipinski definition) is 5. The van der Waals surface area contributed by atoms with Gasteiger partial charge in [-0.3, -0.25) is 0 Å². The quantitative estimate of drug-likeness (QED) is 0.564. The lowest BCUT2D eigenvalue weighted by molar-refractivity contribution is 0.774. The molecule has 0 N–H and O–H groups in total. The Balaban J connectivity index is 0.00000132. The van der Waals surface area contributed by atoms with Crippen LogP contribution >= 0.6 is 12.4 Å². The van der Waals surface area contributed by atoms with Gasteiger partial charge < -0.3 is 0 Å². The van der Waals surface area contributed by atoms with Gasteiger partial charge in [0.15, 0.2) is 5.82 Å². The maximum atomic E-state index is 4.59. The molecule has 8 heteroatoms. The zero-order chi connectivity index (χ0) is 13.4. The smallest absolute Gasteiger partial charge is 0.157 e. The van der Waals surface area contributed by atoms with E-state index >= 15 is 0 Å². The van der Waals surface area contributed by atoms with E-state index in [1.54, 1.807) is 34.2 Å². The molecule has 0 bridgehead atoms. The van der Waals surface area contributed by atoms with Crippen LogP contribution in [0.25, 0.3) is 22.4 Å². The molecule has 21 heavy (non-hydrogen) atoms. The Labute approximate surface area is 125 Å². The van der Waals surface area contributed by atoms with Crippen molar-refractivity contribution in [3.8, 4) is 11.5 Å². The van der Waals surface area contributed by atoms with E-state index in [1.165, 1.54) is 0 Å². The molecule has 1 aromatic carbocycles. The summed E-state index contributed by atoms with van der Waals surface area (Å²) in [5.74, 6) is 0.687. The summed E-state index contributed by atoms with van der Waals surface area (Å²) in [6, 6.07) is 9.79. The Kier molecular flexibility index (Phi) is 3.33. The fourth-order valence-corrected chi connectivity index (χ4v) is 2.12. The molecule has 0 aliphatic rings. The summed E-state index contributed by atoms with van der Waals surface area (Å²) in [5, 5.41) is 16.7. The number of benzene rings is 1. The van der Waals surface area contributed by atoms with Gasteiger partial charge >= 0.3 is 0 Å². The van der Waals surface area contributed by atoms with Crippen molar-refractivity contribution in [3.05, 3.63) is 55.1 Å². The molecule has 0 aliphatic carbocycles. The molecule has 3 heterocycles. The van der Waals surface area contributed by atoms with Crippen LogP contribution in [0.3, 0.4) is 0 Å². The average Bonchev–Trinajstić information content (AvgIpc) is 3.19. The maximum absolute atomic E-state index is 4.59. The van der Waals surface area contributed by atoms with Crippen molar-refractivity contribution in [1.29, 1.82) is 0 Å². The molecule has 3 aromatic heterocycles. The highest BCUT2D eigenvalue weighted by Gasteiger charge is 2.09. The SMILES string of the molecule is Cl.c1ccc2c(-n3ccnn3)cc(-n3ccnn3)nc2c1. The Morgan fingerprint density at radius 1 is 0.857 bits per heavy atom. The van der Waals surface area contributed by atoms with Crippen LogP contribution in [-0.4, -0.2) is 35.0 Å². The molecule has 0 saturated carbocycles. The van der Waals surface area contributed by atoms with Crippen LogP contribution in [0.5, 0.6) is 0 Å². The third-order valence-corrected chi connectivity index (χ3v) is 3.01. The monoisotopic (exact) mass is 299 g/mol. The van der Waals surface area contributed by atoms with Gasteiger partial charge in [-0.05, 0) is 6.07 Å². The highest BCUT2D eigenvalue weighted by atomic mass is 35.5. The van der Waals surface area contributed by atoms with Crippen LogP contribution in [0.15, 0.2) is 55.1 Å². The largest absolute Gasteiger partial charge is 0.228 e. The molecule has 4 aromatic rings. The van der Waals surface area contributed by atoms with Gasteiger partial charge in [-0.15, -0.1) is 22.6 Å². The lowest BCUT2D eigenvalue weighted by atomic mass is 10.2. The first kappa shape index (κ1) is 13.2. The first-order valence-electron chi connectivity index (χ1n) is 6.05. The molecule has 0 aliphatic heterocycles. The minimum Gasteiger partial charge on any atom is -0.228 e. The van der Waals surface area contributed by atoms with Crippen molar-refractivity contribution in [2.75, 3.05) is 0 Å². The third-order valence-electron chi connectivity index (χ3n) is 3.01. The van der Waals surface area contributed by atoms with E-state index in [0.29, 0.717) is 5.82 Å². The fourth-order valence-electron chi connectivity index (χ4n) is 2.12. The van der Waals surface area contributed by atoms with E-state index in [1.807, 2.05) is 30.3 Å². The number of rotatable bonds is 2. The highest BCUT2D eigenvalue weighted by Crippen LogP contribution is 2.22. The second kappa shape index (κ2) is 5.29. The first-order chi connectivity index (χ1) is 9.92. The second-order valence-electron chi connectivity index (χ2n) is 4.21. The van der Waals surface area contributed by atoms with Gasteiger partial charge in [-0.1, -0.05) is 28.6 Å². The normalized spacial score (nSPS) is 10.5. The second-order valence-corrected chi connectivity index (χ2v) is 4.21. The van der Waals surface area contributed by atoms with Crippen LogP contribution in [-0.2, 0) is 0 Å². The minimum atomic E-state index is 0. The molecule has 4 rings (SSSR count). The molecular formula is C13H10ClN7. The Morgan fingerprint density at radius 2 is 1.57 bits per heavy atom. The summed E-state index contributed by atoms with van der Waals surface area (Å²) in [7, 11) is 0. The Morgan fingerprint density at radius 3 is 2.29 bits per heavy atom. The van der Waals surface area contributed by atoms with Gasteiger partial charge in [0.2, 0.25) is 0 Å². The van der Waals surface area contributed by atoms with Gasteiger partial charge in [0.1, 0.15) is 0 Å². The summed E-state index contributed by atoms with van der Waals surface area (Å²) >= 11 is 0. The Bertz CT molecular complexity index is 856. The summed E-state index contributed by atoms with van der Waals surface area (Å²) < 4.78 is 3.33. The van der Waals surface area contributed by atoms with Crippen molar-refractivity contribution >= 4 is 23.3 Å². The standard InChI is InChI=1S/C13H9N7.ClH/c1-2-4-11-10(3-1)12(19-7-5-14-17-19)9-13(16-11)20-8-6-15-18-20;/h1-9H;1H. The molecule has 0 unspecified atom stereocenters. The van der Waals surface area contributed by atoms with Gasteiger partial charge in [-0.25, -0.2) is 14.3 Å². The van der Waals surface area contributed by atoms with Crippen molar-refractivity contribution in [3.63, 3.8) is 0 Å². The zero-order valence-electron chi connectivity index (χ0n) is 10.7. The molecule has 0 fully saturated rings. The van der Waals surface area contributed by atoms with Crippen LogP contribution in [0.1, 0.15) is 0 Å². The number of hydrogen-bond donors (Lipinski definition) is 0. The van der Waals surface area contributed by atoms with Crippen molar-refractivity contribution in [2.45, 2.75) is 0 Å². The number of fused-ring (bicyclic) bond motifs is 1.